The van der Waals surface area contributed by atoms with Crippen LogP contribution < -0.4 is 5.32 Å². The Kier molecular flexibility index (Phi) is 7.54. The number of carbonyl (C=O) groups excluding carboxylic acids is 1. The van der Waals surface area contributed by atoms with Gasteiger partial charge in [-0.1, -0.05) is 54.6 Å². The summed E-state index contributed by atoms with van der Waals surface area (Å²) >= 11 is 0. The molecule has 172 valence electrons. The number of ether oxygens (including phenoxy) is 1. The van der Waals surface area contributed by atoms with Crippen molar-refractivity contribution in [2.45, 2.75) is 37.5 Å². The maximum absolute atomic E-state index is 12.6. The zero-order valence-corrected chi connectivity index (χ0v) is 19.3. The molecule has 0 radical (unpaired) electrons. The summed E-state index contributed by atoms with van der Waals surface area (Å²) in [6, 6.07) is 24.1. The summed E-state index contributed by atoms with van der Waals surface area (Å²) in [6.45, 7) is 2.59. The SMILES string of the molecule is O=C(NCc1ccc(COCc2ccccc2)cc1)c1ccc(S(=O)(=O)N2CCCC2)cc1. The molecule has 0 bridgehead atoms. The summed E-state index contributed by atoms with van der Waals surface area (Å²) < 4.78 is 32.5. The van der Waals surface area contributed by atoms with Crippen molar-refractivity contribution in [3.63, 3.8) is 0 Å². The van der Waals surface area contributed by atoms with Crippen LogP contribution in [0.3, 0.4) is 0 Å². The van der Waals surface area contributed by atoms with Crippen LogP contribution in [0.2, 0.25) is 0 Å². The molecule has 0 unspecified atom stereocenters. The molecule has 3 aromatic rings. The molecule has 1 aliphatic heterocycles. The van der Waals surface area contributed by atoms with Crippen LogP contribution in [0, 0.1) is 0 Å². The van der Waals surface area contributed by atoms with Crippen LogP contribution in [0.1, 0.15) is 39.9 Å². The first-order chi connectivity index (χ1) is 16.0. The number of hydrogen-bond donors (Lipinski definition) is 1. The lowest BCUT2D eigenvalue weighted by Gasteiger charge is -2.15. The summed E-state index contributed by atoms with van der Waals surface area (Å²) in [6.07, 6.45) is 1.78. The molecule has 0 spiro atoms. The van der Waals surface area contributed by atoms with Gasteiger partial charge in [0.1, 0.15) is 0 Å². The van der Waals surface area contributed by atoms with Crippen molar-refractivity contribution >= 4 is 15.9 Å². The molecule has 1 fully saturated rings. The van der Waals surface area contributed by atoms with Crippen LogP contribution in [-0.2, 0) is 34.5 Å². The lowest BCUT2D eigenvalue weighted by molar-refractivity contribution is 0.0950. The highest BCUT2D eigenvalue weighted by atomic mass is 32.2. The van der Waals surface area contributed by atoms with Gasteiger partial charge in [0.2, 0.25) is 10.0 Å². The van der Waals surface area contributed by atoms with Gasteiger partial charge in [-0.3, -0.25) is 4.79 Å². The molecule has 1 N–H and O–H groups in total. The Hall–Kier alpha value is -3.00. The lowest BCUT2D eigenvalue weighted by Crippen LogP contribution is -2.28. The zero-order chi connectivity index (χ0) is 23.1. The van der Waals surface area contributed by atoms with Crippen molar-refractivity contribution in [2.24, 2.45) is 0 Å². The van der Waals surface area contributed by atoms with Gasteiger partial charge in [0.25, 0.3) is 5.91 Å². The number of nitrogens with one attached hydrogen (secondary N) is 1. The monoisotopic (exact) mass is 464 g/mol. The Morgan fingerprint density at radius 1 is 0.788 bits per heavy atom. The molecule has 0 atom stereocenters. The molecular formula is C26H28N2O4S. The van der Waals surface area contributed by atoms with Crippen LogP contribution in [0.4, 0.5) is 0 Å². The Bertz CT molecular complexity index is 1160. The highest BCUT2D eigenvalue weighted by Gasteiger charge is 2.27. The smallest absolute Gasteiger partial charge is 0.251 e. The van der Waals surface area contributed by atoms with E-state index in [4.69, 9.17) is 4.74 Å². The topological polar surface area (TPSA) is 75.7 Å². The van der Waals surface area contributed by atoms with Gasteiger partial charge >= 0.3 is 0 Å². The van der Waals surface area contributed by atoms with Gasteiger partial charge in [-0.25, -0.2) is 8.42 Å². The number of nitrogens with zero attached hydrogens (tertiary/aromatic N) is 1. The predicted molar refractivity (Wildman–Crippen MR) is 127 cm³/mol. The lowest BCUT2D eigenvalue weighted by atomic mass is 10.1. The molecule has 1 saturated heterocycles. The average molecular weight is 465 g/mol. The molecular weight excluding hydrogens is 436 g/mol. The van der Waals surface area contributed by atoms with E-state index in [2.05, 4.69) is 5.32 Å². The number of hydrogen-bond acceptors (Lipinski definition) is 4. The second-order valence-corrected chi connectivity index (χ2v) is 10.1. The van der Waals surface area contributed by atoms with E-state index < -0.39 is 10.0 Å². The minimum absolute atomic E-state index is 0.228. The molecule has 7 heteroatoms. The maximum atomic E-state index is 12.6. The Balaban J connectivity index is 1.26. The van der Waals surface area contributed by atoms with Crippen molar-refractivity contribution in [3.8, 4) is 0 Å². The molecule has 33 heavy (non-hydrogen) atoms. The Morgan fingerprint density at radius 3 is 2.00 bits per heavy atom. The zero-order valence-electron chi connectivity index (χ0n) is 18.4. The van der Waals surface area contributed by atoms with E-state index in [0.29, 0.717) is 38.4 Å². The van der Waals surface area contributed by atoms with Crippen molar-refractivity contribution in [3.05, 3.63) is 101 Å². The molecule has 3 aromatic carbocycles. The first-order valence-electron chi connectivity index (χ1n) is 11.1. The van der Waals surface area contributed by atoms with Crippen molar-refractivity contribution < 1.29 is 17.9 Å². The highest BCUT2D eigenvalue weighted by molar-refractivity contribution is 7.89. The number of carbonyl (C=O) groups is 1. The maximum Gasteiger partial charge on any atom is 0.251 e. The normalized spacial score (nSPS) is 14.3. The molecule has 4 rings (SSSR count). The summed E-state index contributed by atoms with van der Waals surface area (Å²) in [7, 11) is -3.47. The van der Waals surface area contributed by atoms with E-state index in [0.717, 1.165) is 29.5 Å². The minimum Gasteiger partial charge on any atom is -0.372 e. The number of rotatable bonds is 9. The van der Waals surface area contributed by atoms with Gasteiger partial charge in [0.05, 0.1) is 18.1 Å². The van der Waals surface area contributed by atoms with Crippen LogP contribution in [0.25, 0.3) is 0 Å². The number of sulfonamides is 1. The fourth-order valence-electron chi connectivity index (χ4n) is 3.75. The second-order valence-electron chi connectivity index (χ2n) is 8.11. The van der Waals surface area contributed by atoms with Crippen LogP contribution in [-0.4, -0.2) is 31.7 Å². The first-order valence-corrected chi connectivity index (χ1v) is 12.5. The molecule has 0 aliphatic carbocycles. The quantitative estimate of drug-likeness (QED) is 0.517. The second kappa shape index (κ2) is 10.7. The fourth-order valence-corrected chi connectivity index (χ4v) is 5.27. The van der Waals surface area contributed by atoms with Crippen molar-refractivity contribution in [1.29, 1.82) is 0 Å². The molecule has 1 heterocycles. The minimum atomic E-state index is -3.47. The van der Waals surface area contributed by atoms with Crippen molar-refractivity contribution in [1.82, 2.24) is 9.62 Å². The van der Waals surface area contributed by atoms with Crippen molar-refractivity contribution in [2.75, 3.05) is 13.1 Å². The van der Waals surface area contributed by atoms with Gasteiger partial charge in [0, 0.05) is 25.2 Å². The van der Waals surface area contributed by atoms with E-state index in [9.17, 15) is 13.2 Å². The third-order valence-electron chi connectivity index (χ3n) is 5.68. The van der Waals surface area contributed by atoms with E-state index in [1.807, 2.05) is 54.6 Å². The number of amides is 1. The van der Waals surface area contributed by atoms with E-state index in [1.54, 1.807) is 12.1 Å². The van der Waals surface area contributed by atoms with Gasteiger partial charge in [0.15, 0.2) is 0 Å². The summed E-state index contributed by atoms with van der Waals surface area (Å²) in [5, 5.41) is 2.88. The van der Waals surface area contributed by atoms with Crippen LogP contribution in [0.5, 0.6) is 0 Å². The third-order valence-corrected chi connectivity index (χ3v) is 7.59. The summed E-state index contributed by atoms with van der Waals surface area (Å²) in [5.41, 5.74) is 3.61. The van der Waals surface area contributed by atoms with E-state index >= 15 is 0 Å². The fraction of sp³-hybridized carbons (Fsp3) is 0.269. The largest absolute Gasteiger partial charge is 0.372 e. The van der Waals surface area contributed by atoms with Gasteiger partial charge in [-0.15, -0.1) is 0 Å². The van der Waals surface area contributed by atoms with Gasteiger partial charge < -0.3 is 10.1 Å². The Labute approximate surface area is 195 Å². The van der Waals surface area contributed by atoms with Crippen LogP contribution >= 0.6 is 0 Å². The van der Waals surface area contributed by atoms with Gasteiger partial charge in [-0.05, 0) is 53.8 Å². The third kappa shape index (κ3) is 6.07. The molecule has 1 amide bonds. The Morgan fingerprint density at radius 2 is 1.36 bits per heavy atom. The summed E-state index contributed by atoms with van der Waals surface area (Å²) in [4.78, 5) is 12.7. The molecule has 0 saturated carbocycles. The summed E-state index contributed by atoms with van der Waals surface area (Å²) in [5.74, 6) is -0.240. The molecule has 1 aliphatic rings. The first kappa shape index (κ1) is 23.2. The molecule has 6 nitrogen and oxygen atoms in total. The van der Waals surface area contributed by atoms with E-state index in [-0.39, 0.29) is 10.8 Å². The number of benzene rings is 3. The van der Waals surface area contributed by atoms with Gasteiger partial charge in [-0.2, -0.15) is 4.31 Å². The average Bonchev–Trinajstić information content (AvgIpc) is 3.40. The van der Waals surface area contributed by atoms with E-state index in [1.165, 1.54) is 16.4 Å². The van der Waals surface area contributed by atoms with Crippen LogP contribution in [0.15, 0.2) is 83.8 Å². The highest BCUT2D eigenvalue weighted by Crippen LogP contribution is 2.21. The standard InChI is InChI=1S/C26H28N2O4S/c29-26(24-12-14-25(15-13-24)33(30,31)28-16-4-5-17-28)27-18-21-8-10-23(11-9-21)20-32-19-22-6-2-1-3-7-22/h1-3,6-15H,4-5,16-20H2,(H,27,29). The molecule has 0 aromatic heterocycles. The predicted octanol–water partition coefficient (Wildman–Crippen LogP) is 4.12.